The number of carbonyl (C=O) groups excluding carboxylic acids is 2. The standard InChI is InChI=1S/C53H70N6O6/c1-39(2)37-57-47-29-22-20-27-44(47)35-48(59(62)63)53(57)65-51(30-18-14-10-9-13-16-24-41(5)32-49(55)60)58(38-40(3)4)50(61)33-42(6)25-17-12-8-7-11-15-23-31-64-52-45(36-54)34-43-26-19-21-28-46(43)56-52/h16-17,19-22,24-29,32-34,39-40,51H,7-15,18,23,30-31,35,37-38H2,1-6H3,(H2,55,60). The minimum absolute atomic E-state index is 0.00532. The van der Waals surface area contributed by atoms with Crippen LogP contribution < -0.4 is 15.4 Å². The molecule has 1 aliphatic rings. The maximum absolute atomic E-state index is 14.3. The van der Waals surface area contributed by atoms with Crippen molar-refractivity contribution in [1.29, 1.82) is 5.26 Å². The Morgan fingerprint density at radius 3 is 2.18 bits per heavy atom. The average molecular weight is 887 g/mol. The maximum atomic E-state index is 14.3. The number of pyridine rings is 1. The van der Waals surface area contributed by atoms with Gasteiger partial charge in [0.15, 0.2) is 6.23 Å². The summed E-state index contributed by atoms with van der Waals surface area (Å²) < 4.78 is 12.8. The van der Waals surface area contributed by atoms with Crippen LogP contribution in [0.25, 0.3) is 10.9 Å². The SMILES string of the molecule is CC(C=CCCCCCCC(OC1=C([N+](=O)[O-])Cc2ccccc2N1CC(C)C)N(CC(C)C)C(=O)C=C(C)C=CCCCCCCCOc1nc2ccccc2cc1C#N)=CC(N)=O. The first-order valence-corrected chi connectivity index (χ1v) is 23.4. The van der Waals surface area contributed by atoms with Crippen LogP contribution in [0.15, 0.2) is 114 Å². The first-order chi connectivity index (χ1) is 31.3. The number of amides is 2. The molecule has 65 heavy (non-hydrogen) atoms. The Balaban J connectivity index is 1.39. The van der Waals surface area contributed by atoms with Gasteiger partial charge in [-0.2, -0.15) is 5.26 Å². The van der Waals surface area contributed by atoms with Gasteiger partial charge in [-0.15, -0.1) is 0 Å². The van der Waals surface area contributed by atoms with Crippen LogP contribution in [0.5, 0.6) is 5.88 Å². The molecule has 12 heteroatoms. The summed E-state index contributed by atoms with van der Waals surface area (Å²) in [5.74, 6) is 0.245. The van der Waals surface area contributed by atoms with Crippen LogP contribution in [0.3, 0.4) is 0 Å². The van der Waals surface area contributed by atoms with Crippen molar-refractivity contribution in [2.24, 2.45) is 17.6 Å². The molecule has 0 fully saturated rings. The number of benzene rings is 2. The largest absolute Gasteiger partial charge is 0.477 e. The highest BCUT2D eigenvalue weighted by molar-refractivity contribution is 5.89. The Labute approximate surface area is 386 Å². The molecule has 348 valence electrons. The molecule has 2 heterocycles. The summed E-state index contributed by atoms with van der Waals surface area (Å²) >= 11 is 0. The Morgan fingerprint density at radius 1 is 0.892 bits per heavy atom. The first kappa shape index (κ1) is 51.4. The second kappa shape index (κ2) is 27.2. The van der Waals surface area contributed by atoms with Crippen molar-refractivity contribution in [3.8, 4) is 11.9 Å². The molecule has 12 nitrogen and oxygen atoms in total. The third kappa shape index (κ3) is 17.4. The zero-order valence-electron chi connectivity index (χ0n) is 39.5. The van der Waals surface area contributed by atoms with Crippen LogP contribution in [0.1, 0.15) is 130 Å². The molecule has 0 saturated carbocycles. The van der Waals surface area contributed by atoms with Gasteiger partial charge in [-0.1, -0.05) is 121 Å². The number of ether oxygens (including phenoxy) is 2. The number of primary amides is 1. The van der Waals surface area contributed by atoms with E-state index in [1.165, 1.54) is 6.08 Å². The van der Waals surface area contributed by atoms with E-state index in [0.717, 1.165) is 104 Å². The molecule has 1 aromatic heterocycles. The monoisotopic (exact) mass is 887 g/mol. The number of carbonyl (C=O) groups is 2. The number of rotatable bonds is 28. The Kier molecular flexibility index (Phi) is 21.5. The predicted octanol–water partition coefficient (Wildman–Crippen LogP) is 11.6. The van der Waals surface area contributed by atoms with Crippen LogP contribution >= 0.6 is 0 Å². The second-order valence-corrected chi connectivity index (χ2v) is 17.8. The van der Waals surface area contributed by atoms with Gasteiger partial charge in [0.05, 0.1) is 23.5 Å². The van der Waals surface area contributed by atoms with Gasteiger partial charge >= 0.3 is 5.70 Å². The molecule has 3 aromatic rings. The Morgan fingerprint density at radius 2 is 1.52 bits per heavy atom. The zero-order chi connectivity index (χ0) is 47.1. The van der Waals surface area contributed by atoms with E-state index in [1.54, 1.807) is 11.0 Å². The van der Waals surface area contributed by atoms with Gasteiger partial charge in [0.25, 0.3) is 5.88 Å². The molecule has 4 rings (SSSR count). The molecule has 1 unspecified atom stereocenters. The lowest BCUT2D eigenvalue weighted by atomic mass is 10.0. The van der Waals surface area contributed by atoms with E-state index in [0.29, 0.717) is 37.6 Å². The number of nitrogens with zero attached hydrogens (tertiary/aromatic N) is 5. The van der Waals surface area contributed by atoms with Crippen molar-refractivity contribution in [1.82, 2.24) is 9.88 Å². The number of nitriles is 1. The molecule has 0 saturated heterocycles. The van der Waals surface area contributed by atoms with E-state index >= 15 is 0 Å². The number of allylic oxidation sites excluding steroid dienone is 7. The van der Waals surface area contributed by atoms with Crippen molar-refractivity contribution in [2.75, 3.05) is 24.6 Å². The fraction of sp³-hybridized carbons (Fsp3) is 0.472. The summed E-state index contributed by atoms with van der Waals surface area (Å²) in [6.45, 7) is 13.5. The number of anilines is 1. The Hall–Kier alpha value is -6.22. The number of hydrogen-bond donors (Lipinski definition) is 1. The van der Waals surface area contributed by atoms with Gasteiger partial charge in [0.2, 0.25) is 17.7 Å². The average Bonchev–Trinajstić information content (AvgIpc) is 3.26. The number of hydrogen-bond acceptors (Lipinski definition) is 9. The van der Waals surface area contributed by atoms with Crippen LogP contribution in [0.2, 0.25) is 0 Å². The smallest absolute Gasteiger partial charge is 0.310 e. The molecular weight excluding hydrogens is 817 g/mol. The van der Waals surface area contributed by atoms with E-state index in [2.05, 4.69) is 44.8 Å². The molecule has 2 N–H and O–H groups in total. The van der Waals surface area contributed by atoms with Crippen LogP contribution in [0.4, 0.5) is 5.69 Å². The first-order valence-electron chi connectivity index (χ1n) is 23.4. The number of nitro groups is 1. The van der Waals surface area contributed by atoms with Crippen LogP contribution in [-0.2, 0) is 20.7 Å². The van der Waals surface area contributed by atoms with Crippen molar-refractivity contribution in [3.05, 3.63) is 135 Å². The number of fused-ring (bicyclic) bond motifs is 2. The summed E-state index contributed by atoms with van der Waals surface area (Å²) in [5.41, 5.74) is 9.90. The second-order valence-electron chi connectivity index (χ2n) is 17.8. The van der Waals surface area contributed by atoms with Crippen molar-refractivity contribution < 1.29 is 24.0 Å². The van der Waals surface area contributed by atoms with E-state index in [9.17, 15) is 25.0 Å². The van der Waals surface area contributed by atoms with Crippen LogP contribution in [0, 0.1) is 33.3 Å². The predicted molar refractivity (Wildman–Crippen MR) is 260 cm³/mol. The molecule has 2 aromatic carbocycles. The lowest BCUT2D eigenvalue weighted by Crippen LogP contribution is -2.46. The molecule has 2 amide bonds. The van der Waals surface area contributed by atoms with E-state index in [1.807, 2.05) is 91.6 Å². The highest BCUT2D eigenvalue weighted by Crippen LogP contribution is 2.36. The van der Waals surface area contributed by atoms with E-state index in [-0.39, 0.29) is 40.7 Å². The van der Waals surface area contributed by atoms with Gasteiger partial charge in [0.1, 0.15) is 11.6 Å². The van der Waals surface area contributed by atoms with E-state index < -0.39 is 12.1 Å². The quantitative estimate of drug-likeness (QED) is 0.0186. The molecule has 0 bridgehead atoms. The summed E-state index contributed by atoms with van der Waals surface area (Å²) in [7, 11) is 0. The van der Waals surface area contributed by atoms with Crippen LogP contribution in [-0.4, -0.2) is 52.5 Å². The molecular formula is C53H70N6O6. The third-order valence-corrected chi connectivity index (χ3v) is 11.0. The molecule has 1 aliphatic heterocycles. The lowest BCUT2D eigenvalue weighted by Gasteiger charge is -2.38. The maximum Gasteiger partial charge on any atom is 0.310 e. The third-order valence-electron chi connectivity index (χ3n) is 11.0. The van der Waals surface area contributed by atoms with Gasteiger partial charge in [-0.05, 0) is 99.1 Å². The molecule has 1 atom stereocenters. The minimum Gasteiger partial charge on any atom is -0.477 e. The van der Waals surface area contributed by atoms with Crippen molar-refractivity contribution >= 4 is 28.4 Å². The Bertz CT molecular complexity index is 2250. The van der Waals surface area contributed by atoms with Gasteiger partial charge in [-0.25, -0.2) is 4.98 Å². The summed E-state index contributed by atoms with van der Waals surface area (Å²) in [4.78, 5) is 46.1. The summed E-state index contributed by atoms with van der Waals surface area (Å²) in [5, 5.41) is 23.2. The highest BCUT2D eigenvalue weighted by Gasteiger charge is 2.37. The summed E-state index contributed by atoms with van der Waals surface area (Å²) in [6.07, 6.45) is 21.4. The molecule has 0 aliphatic carbocycles. The van der Waals surface area contributed by atoms with Gasteiger partial charge in [0, 0.05) is 42.7 Å². The molecule has 0 spiro atoms. The van der Waals surface area contributed by atoms with Gasteiger partial charge < -0.3 is 25.0 Å². The topological polar surface area (TPSA) is 165 Å². The fourth-order valence-electron chi connectivity index (χ4n) is 7.84. The van der Waals surface area contributed by atoms with E-state index in [4.69, 9.17) is 15.2 Å². The van der Waals surface area contributed by atoms with Gasteiger partial charge in [-0.3, -0.25) is 19.7 Å². The zero-order valence-corrected chi connectivity index (χ0v) is 39.5. The summed E-state index contributed by atoms with van der Waals surface area (Å²) in [6, 6.07) is 19.5. The fourth-order valence-corrected chi connectivity index (χ4v) is 7.84. The molecule has 0 radical (unpaired) electrons. The minimum atomic E-state index is -0.730. The number of para-hydroxylation sites is 2. The lowest BCUT2D eigenvalue weighted by molar-refractivity contribution is -0.431. The van der Waals surface area contributed by atoms with Crippen molar-refractivity contribution in [3.63, 3.8) is 0 Å². The number of nitrogens with two attached hydrogens (primary N) is 1. The highest BCUT2D eigenvalue weighted by atomic mass is 16.6. The van der Waals surface area contributed by atoms with Crippen molar-refractivity contribution in [2.45, 2.75) is 131 Å². The number of aromatic nitrogens is 1. The normalized spacial score (nSPS) is 13.8. The number of unbranched alkanes of at least 4 members (excludes halogenated alkanes) is 9.